The van der Waals surface area contributed by atoms with E-state index in [1.165, 1.54) is 4.90 Å². The van der Waals surface area contributed by atoms with Gasteiger partial charge in [-0.05, 0) is 76.4 Å². The smallest absolute Gasteiger partial charge is 0.261 e. The third kappa shape index (κ3) is 2.12. The van der Waals surface area contributed by atoms with Gasteiger partial charge in [0.2, 0.25) is 0 Å². The maximum atomic E-state index is 13.5. The van der Waals surface area contributed by atoms with E-state index in [1.807, 2.05) is 57.2 Å². The number of fused-ring (bicyclic) bond motifs is 2. The second-order valence-electron chi connectivity index (χ2n) is 10.5. The molecule has 2 aliphatic rings. The molecule has 0 N–H and O–H groups in total. The van der Waals surface area contributed by atoms with Gasteiger partial charge in [0.25, 0.3) is 11.8 Å². The number of carbonyl (C=O) groups excluding carboxylic acids is 3. The second kappa shape index (κ2) is 5.89. The molecule has 1 aliphatic carbocycles. The Morgan fingerprint density at radius 1 is 0.618 bits per heavy atom. The Hall–Kier alpha value is -4.05. The van der Waals surface area contributed by atoms with Crippen LogP contribution in [0.4, 0.5) is 0 Å². The third-order valence-electron chi connectivity index (χ3n) is 7.49. The van der Waals surface area contributed by atoms with Gasteiger partial charge in [0.15, 0.2) is 5.78 Å². The lowest BCUT2D eigenvalue weighted by atomic mass is 9.79. The van der Waals surface area contributed by atoms with Crippen LogP contribution in [0.25, 0.3) is 48.7 Å². The van der Waals surface area contributed by atoms with Crippen LogP contribution < -0.4 is 0 Å². The van der Waals surface area contributed by atoms with Gasteiger partial charge in [0.1, 0.15) is 0 Å². The first-order valence-corrected chi connectivity index (χ1v) is 11.5. The van der Waals surface area contributed by atoms with Gasteiger partial charge in [0, 0.05) is 39.4 Å². The van der Waals surface area contributed by atoms with Crippen molar-refractivity contribution in [2.45, 2.75) is 32.7 Å². The molecule has 7 rings (SSSR count). The van der Waals surface area contributed by atoms with E-state index in [1.54, 1.807) is 0 Å². The topological polar surface area (TPSA) is 54.5 Å². The second-order valence-corrected chi connectivity index (χ2v) is 10.5. The van der Waals surface area contributed by atoms with E-state index < -0.39 is 5.54 Å². The van der Waals surface area contributed by atoms with Gasteiger partial charge in [0.05, 0.1) is 0 Å². The SMILES string of the molecule is C=C1CC(=O)c2ccc3c4ccc5c6c(ccc(c7ccc1c2c73)c64)C(=O)N(C(C)(C)C)C5=O. The summed E-state index contributed by atoms with van der Waals surface area (Å²) < 4.78 is 0. The summed E-state index contributed by atoms with van der Waals surface area (Å²) in [6.07, 6.45) is 0.341. The Morgan fingerprint density at radius 2 is 1.03 bits per heavy atom. The first-order valence-electron chi connectivity index (χ1n) is 11.5. The van der Waals surface area contributed by atoms with E-state index in [4.69, 9.17) is 0 Å². The summed E-state index contributed by atoms with van der Waals surface area (Å²) in [5, 5.41) is 7.68. The number of carbonyl (C=O) groups is 3. The van der Waals surface area contributed by atoms with Crippen LogP contribution in [-0.4, -0.2) is 28.0 Å². The summed E-state index contributed by atoms with van der Waals surface area (Å²) in [5.41, 5.74) is 3.10. The Morgan fingerprint density at radius 3 is 1.50 bits per heavy atom. The van der Waals surface area contributed by atoms with Crippen LogP contribution in [0.1, 0.15) is 63.8 Å². The number of hydrogen-bond donors (Lipinski definition) is 0. The van der Waals surface area contributed by atoms with Crippen LogP contribution in [0.2, 0.25) is 0 Å². The van der Waals surface area contributed by atoms with Crippen molar-refractivity contribution in [1.29, 1.82) is 0 Å². The molecule has 4 heteroatoms. The van der Waals surface area contributed by atoms with E-state index in [0.29, 0.717) is 17.5 Å². The predicted molar refractivity (Wildman–Crippen MR) is 136 cm³/mol. The van der Waals surface area contributed by atoms with Gasteiger partial charge >= 0.3 is 0 Å². The fourth-order valence-electron chi connectivity index (χ4n) is 6.10. The van der Waals surface area contributed by atoms with Gasteiger partial charge in [-0.3, -0.25) is 19.3 Å². The summed E-state index contributed by atoms with van der Waals surface area (Å²) in [6.45, 7) is 9.79. The normalized spacial score (nSPS) is 16.1. The number of benzene rings is 5. The first kappa shape index (κ1) is 19.4. The van der Waals surface area contributed by atoms with E-state index in [9.17, 15) is 14.4 Å². The van der Waals surface area contributed by atoms with E-state index in [-0.39, 0.29) is 17.6 Å². The molecule has 0 bridgehead atoms. The van der Waals surface area contributed by atoms with Gasteiger partial charge in [-0.1, -0.05) is 43.0 Å². The lowest BCUT2D eigenvalue weighted by Gasteiger charge is -2.37. The number of rotatable bonds is 0. The van der Waals surface area contributed by atoms with E-state index in [2.05, 4.69) is 18.7 Å². The summed E-state index contributed by atoms with van der Waals surface area (Å²) >= 11 is 0. The summed E-state index contributed by atoms with van der Waals surface area (Å²) in [7, 11) is 0. The number of amides is 2. The number of allylic oxidation sites excluding steroid dienone is 1. The molecule has 0 unspecified atom stereocenters. The number of ketones is 1. The van der Waals surface area contributed by atoms with Crippen LogP contribution in [0.5, 0.6) is 0 Å². The van der Waals surface area contributed by atoms with Crippen LogP contribution in [0.3, 0.4) is 0 Å². The molecule has 164 valence electrons. The van der Waals surface area contributed by atoms with E-state index >= 15 is 0 Å². The van der Waals surface area contributed by atoms with Crippen molar-refractivity contribution in [1.82, 2.24) is 4.90 Å². The Bertz CT molecular complexity index is 1720. The Balaban J connectivity index is 1.70. The molecule has 5 aromatic carbocycles. The predicted octanol–water partition coefficient (Wildman–Crippen LogP) is 6.73. The van der Waals surface area contributed by atoms with Crippen molar-refractivity contribution in [3.8, 4) is 0 Å². The Kier molecular flexibility index (Phi) is 3.37. The quantitative estimate of drug-likeness (QED) is 0.151. The monoisotopic (exact) mass is 443 g/mol. The number of Topliss-reactive ketones (excluding diaryl/α,β-unsaturated/α-hetero) is 1. The minimum atomic E-state index is -0.625. The van der Waals surface area contributed by atoms with Gasteiger partial charge < -0.3 is 0 Å². The molecule has 0 atom stereocenters. The highest BCUT2D eigenvalue weighted by atomic mass is 16.2. The fraction of sp³-hybridized carbons (Fsp3) is 0.167. The molecule has 34 heavy (non-hydrogen) atoms. The molecule has 5 aromatic rings. The largest absolute Gasteiger partial charge is 0.294 e. The van der Waals surface area contributed by atoms with Crippen molar-refractivity contribution in [3.05, 3.63) is 77.4 Å². The van der Waals surface area contributed by atoms with Crippen molar-refractivity contribution in [2.24, 2.45) is 0 Å². The maximum absolute atomic E-state index is 13.5. The molecular formula is C30H21NO3. The molecule has 0 saturated heterocycles. The lowest BCUT2D eigenvalue weighted by molar-refractivity contribution is 0.0460. The molecule has 0 saturated carbocycles. The number of nitrogens with zero attached hydrogens (tertiary/aromatic N) is 1. The summed E-state index contributed by atoms with van der Waals surface area (Å²) in [6, 6.07) is 15.8. The average Bonchev–Trinajstić information content (AvgIpc) is 2.79. The van der Waals surface area contributed by atoms with Crippen LogP contribution in [0.15, 0.2) is 55.1 Å². The molecule has 2 amide bonds. The molecular weight excluding hydrogens is 422 g/mol. The lowest BCUT2D eigenvalue weighted by Crippen LogP contribution is -2.51. The molecule has 1 heterocycles. The average molecular weight is 444 g/mol. The summed E-state index contributed by atoms with van der Waals surface area (Å²) in [4.78, 5) is 41.2. The third-order valence-corrected chi connectivity index (χ3v) is 7.49. The van der Waals surface area contributed by atoms with Gasteiger partial charge in [-0.25, -0.2) is 0 Å². The van der Waals surface area contributed by atoms with Crippen molar-refractivity contribution in [3.63, 3.8) is 0 Å². The zero-order valence-electron chi connectivity index (χ0n) is 19.2. The van der Waals surface area contributed by atoms with Gasteiger partial charge in [-0.2, -0.15) is 0 Å². The van der Waals surface area contributed by atoms with Crippen molar-refractivity contribution < 1.29 is 14.4 Å². The zero-order valence-corrected chi connectivity index (χ0v) is 19.2. The first-order chi connectivity index (χ1) is 16.2. The molecule has 0 radical (unpaired) electrons. The molecule has 1 aliphatic heterocycles. The number of imide groups is 1. The molecule has 0 spiro atoms. The summed E-state index contributed by atoms with van der Waals surface area (Å²) in [5.74, 6) is -0.422. The highest BCUT2D eigenvalue weighted by molar-refractivity contribution is 6.40. The fourth-order valence-corrected chi connectivity index (χ4v) is 6.10. The minimum absolute atomic E-state index is 0.0932. The van der Waals surface area contributed by atoms with Crippen molar-refractivity contribution in [2.75, 3.05) is 0 Å². The molecule has 0 fully saturated rings. The van der Waals surface area contributed by atoms with E-state index in [0.717, 1.165) is 59.8 Å². The van der Waals surface area contributed by atoms with Gasteiger partial charge in [-0.15, -0.1) is 0 Å². The maximum Gasteiger partial charge on any atom is 0.261 e. The number of hydrogen-bond acceptors (Lipinski definition) is 3. The zero-order chi connectivity index (χ0) is 23.7. The van der Waals surface area contributed by atoms with Crippen molar-refractivity contribution >= 4 is 66.3 Å². The van der Waals surface area contributed by atoms with Crippen LogP contribution in [-0.2, 0) is 0 Å². The highest BCUT2D eigenvalue weighted by Crippen LogP contribution is 2.47. The minimum Gasteiger partial charge on any atom is -0.294 e. The van der Waals surface area contributed by atoms with Crippen LogP contribution in [0, 0.1) is 0 Å². The standard InChI is InChI=1S/C30H21NO3/c1-14-13-23(32)20-10-7-17-19-9-12-22-27-21(28(33)31(29(22)34)30(2,3)4)11-8-18(26(19)27)16-6-5-15(14)24(20)25(16)17/h5-12H,1,13H2,2-4H3. The van der Waals surface area contributed by atoms with Crippen LogP contribution >= 0.6 is 0 Å². The molecule has 4 nitrogen and oxygen atoms in total. The highest BCUT2D eigenvalue weighted by Gasteiger charge is 2.40. The molecule has 0 aromatic heterocycles. The Labute approximate surface area is 195 Å².